The largest absolute Gasteiger partial charge is 0.623 e. The molecule has 4 nitrogen and oxygen atoms in total. The third-order valence-electron chi connectivity index (χ3n) is 3.87. The molecule has 1 aliphatic heterocycles. The van der Waals surface area contributed by atoms with Crippen LogP contribution in [0.3, 0.4) is 0 Å². The molecule has 0 spiro atoms. The summed E-state index contributed by atoms with van der Waals surface area (Å²) in [5.41, 5.74) is 1.72. The van der Waals surface area contributed by atoms with Crippen LogP contribution in [0.5, 0.6) is 0 Å². The van der Waals surface area contributed by atoms with Crippen LogP contribution in [0.2, 0.25) is 0 Å². The van der Waals surface area contributed by atoms with E-state index in [0.717, 1.165) is 20.3 Å². The second-order valence-electron chi connectivity index (χ2n) is 5.92. The number of thiocarbonyl (C=S) groups is 1. The molecule has 0 unspecified atom stereocenters. The van der Waals surface area contributed by atoms with E-state index in [-0.39, 0.29) is 10.9 Å². The van der Waals surface area contributed by atoms with Crippen LogP contribution in [0.25, 0.3) is 0 Å². The maximum atomic E-state index is 12.5. The second-order valence-corrected chi connectivity index (χ2v) is 7.64. The summed E-state index contributed by atoms with van der Waals surface area (Å²) in [5.74, 6) is 0. The average molecular weight is 323 g/mol. The fourth-order valence-corrected chi connectivity index (χ4v) is 3.86. The smallest absolute Gasteiger partial charge is 0.238 e. The van der Waals surface area contributed by atoms with Gasteiger partial charge >= 0.3 is 0 Å². The second kappa shape index (κ2) is 5.85. The molecule has 2 rings (SSSR count). The fourth-order valence-electron chi connectivity index (χ4n) is 2.16. The predicted molar refractivity (Wildman–Crippen MR) is 95.4 cm³/mol. The minimum Gasteiger partial charge on any atom is -0.623 e. The summed E-state index contributed by atoms with van der Waals surface area (Å²) in [5, 5.41) is 12.3. The first-order chi connectivity index (χ1) is 9.73. The van der Waals surface area contributed by atoms with E-state index in [1.54, 1.807) is 6.21 Å². The standard InChI is InChI=1S/C15H21N3OS2/c1-15(2)13(21-14(20)17(15)5)18(19)10-11-6-8-12(9-7-11)16(3)4/h6-10,13H,1-5H3/t13-/m1/s1. The molecule has 0 aromatic heterocycles. The van der Waals surface area contributed by atoms with Gasteiger partial charge in [-0.2, -0.15) is 4.74 Å². The van der Waals surface area contributed by atoms with Crippen LogP contribution in [-0.4, -0.2) is 52.2 Å². The van der Waals surface area contributed by atoms with E-state index in [9.17, 15) is 5.21 Å². The van der Waals surface area contributed by atoms with E-state index in [1.807, 2.05) is 69.1 Å². The zero-order chi connectivity index (χ0) is 15.8. The first kappa shape index (κ1) is 16.1. The topological polar surface area (TPSA) is 32.5 Å². The molecule has 114 valence electrons. The summed E-state index contributed by atoms with van der Waals surface area (Å²) < 4.78 is 1.78. The van der Waals surface area contributed by atoms with Crippen LogP contribution < -0.4 is 4.90 Å². The van der Waals surface area contributed by atoms with Crippen molar-refractivity contribution in [2.75, 3.05) is 26.0 Å². The van der Waals surface area contributed by atoms with Crippen LogP contribution in [0.1, 0.15) is 19.4 Å². The van der Waals surface area contributed by atoms with Crippen LogP contribution in [0, 0.1) is 5.21 Å². The van der Waals surface area contributed by atoms with Gasteiger partial charge in [-0.3, -0.25) is 0 Å². The lowest BCUT2D eigenvalue weighted by atomic mass is 10.0. The highest BCUT2D eigenvalue weighted by atomic mass is 32.2. The van der Waals surface area contributed by atoms with E-state index in [0.29, 0.717) is 0 Å². The Bertz CT molecular complexity index is 567. The maximum absolute atomic E-state index is 12.5. The van der Waals surface area contributed by atoms with E-state index in [2.05, 4.69) is 0 Å². The third-order valence-corrected chi connectivity index (χ3v) is 5.92. The summed E-state index contributed by atoms with van der Waals surface area (Å²) in [6.07, 6.45) is 1.64. The summed E-state index contributed by atoms with van der Waals surface area (Å²) >= 11 is 6.75. The van der Waals surface area contributed by atoms with E-state index < -0.39 is 0 Å². The number of anilines is 1. The summed E-state index contributed by atoms with van der Waals surface area (Å²) in [7, 11) is 5.93. The summed E-state index contributed by atoms with van der Waals surface area (Å²) in [6, 6.07) is 7.91. The minimum atomic E-state index is -0.288. The Hall–Kier alpha value is -1.27. The lowest BCUT2D eigenvalue weighted by Crippen LogP contribution is -2.47. The van der Waals surface area contributed by atoms with Crippen molar-refractivity contribution in [1.29, 1.82) is 0 Å². The van der Waals surface area contributed by atoms with Gasteiger partial charge in [0.15, 0.2) is 6.21 Å². The molecule has 1 aliphatic rings. The zero-order valence-corrected chi connectivity index (χ0v) is 14.7. The van der Waals surface area contributed by atoms with Gasteiger partial charge in [0.1, 0.15) is 9.86 Å². The highest BCUT2D eigenvalue weighted by Crippen LogP contribution is 2.38. The Morgan fingerprint density at radius 1 is 1.33 bits per heavy atom. The van der Waals surface area contributed by atoms with E-state index in [1.165, 1.54) is 11.8 Å². The Balaban J connectivity index is 2.23. The van der Waals surface area contributed by atoms with Gasteiger partial charge in [0.05, 0.1) is 0 Å². The molecule has 1 fully saturated rings. The first-order valence-corrected chi connectivity index (χ1v) is 8.04. The van der Waals surface area contributed by atoms with Gasteiger partial charge in [0.2, 0.25) is 5.37 Å². The normalized spacial score (nSPS) is 21.8. The number of thioether (sulfide) groups is 1. The first-order valence-electron chi connectivity index (χ1n) is 6.75. The Labute approximate surface area is 136 Å². The molecular weight excluding hydrogens is 302 g/mol. The van der Waals surface area contributed by atoms with Gasteiger partial charge in [-0.15, -0.1) is 0 Å². The van der Waals surface area contributed by atoms with Crippen molar-refractivity contribution in [1.82, 2.24) is 4.90 Å². The molecular formula is C15H21N3OS2. The van der Waals surface area contributed by atoms with Crippen molar-refractivity contribution in [3.8, 4) is 0 Å². The van der Waals surface area contributed by atoms with Gasteiger partial charge in [0.25, 0.3) is 0 Å². The highest BCUT2D eigenvalue weighted by molar-refractivity contribution is 8.23. The maximum Gasteiger partial charge on any atom is 0.238 e. The number of hydrogen-bond acceptors (Lipinski definition) is 4. The number of benzene rings is 1. The van der Waals surface area contributed by atoms with E-state index in [4.69, 9.17) is 12.2 Å². The van der Waals surface area contributed by atoms with Gasteiger partial charge in [-0.05, 0) is 49.9 Å². The molecule has 0 radical (unpaired) electrons. The Morgan fingerprint density at radius 2 is 1.90 bits per heavy atom. The van der Waals surface area contributed by atoms with E-state index >= 15 is 0 Å². The van der Waals surface area contributed by atoms with Crippen LogP contribution in [0.4, 0.5) is 5.69 Å². The molecule has 1 heterocycles. The van der Waals surface area contributed by atoms with Crippen molar-refractivity contribution >= 4 is 40.2 Å². The molecule has 0 N–H and O–H groups in total. The predicted octanol–water partition coefficient (Wildman–Crippen LogP) is 2.75. The zero-order valence-electron chi connectivity index (χ0n) is 13.0. The molecule has 1 atom stereocenters. The molecule has 1 aromatic rings. The Morgan fingerprint density at radius 3 is 2.33 bits per heavy atom. The molecule has 0 saturated carbocycles. The van der Waals surface area contributed by atoms with Crippen LogP contribution >= 0.6 is 24.0 Å². The molecule has 1 aromatic carbocycles. The summed E-state index contributed by atoms with van der Waals surface area (Å²) in [4.78, 5) is 4.02. The highest BCUT2D eigenvalue weighted by Gasteiger charge is 2.48. The molecule has 6 heteroatoms. The molecule has 0 aliphatic carbocycles. The molecule has 0 amide bonds. The Kier molecular flexibility index (Phi) is 4.49. The van der Waals surface area contributed by atoms with Gasteiger partial charge < -0.3 is 15.0 Å². The lowest BCUT2D eigenvalue weighted by molar-refractivity contribution is -0.480. The number of likely N-dealkylation sites (N-methyl/N-ethyl adjacent to an activating group) is 1. The van der Waals surface area contributed by atoms with Gasteiger partial charge in [-0.25, -0.2) is 0 Å². The van der Waals surface area contributed by atoms with Crippen molar-refractivity contribution in [3.63, 3.8) is 0 Å². The number of hydrogen-bond donors (Lipinski definition) is 0. The van der Waals surface area contributed by atoms with Crippen molar-refractivity contribution in [3.05, 3.63) is 35.0 Å². The number of hydroxylamine groups is 1. The lowest BCUT2D eigenvalue weighted by Gasteiger charge is -2.30. The third kappa shape index (κ3) is 3.16. The van der Waals surface area contributed by atoms with Crippen LogP contribution in [0.15, 0.2) is 24.3 Å². The molecule has 0 bridgehead atoms. The quantitative estimate of drug-likeness (QED) is 0.281. The minimum absolute atomic E-state index is 0.233. The number of nitrogens with zero attached hydrogens (tertiary/aromatic N) is 3. The van der Waals surface area contributed by atoms with Gasteiger partial charge in [0, 0.05) is 32.4 Å². The number of rotatable bonds is 3. The van der Waals surface area contributed by atoms with Crippen LogP contribution in [-0.2, 0) is 0 Å². The SMILES string of the molecule is CN(C)c1ccc(C=[N+]([O-])[C@@H]2SC(=S)N(C)C2(C)C)cc1. The fraction of sp³-hybridized carbons (Fsp3) is 0.467. The monoisotopic (exact) mass is 323 g/mol. The average Bonchev–Trinajstić information content (AvgIpc) is 2.63. The van der Waals surface area contributed by atoms with Crippen molar-refractivity contribution in [2.45, 2.75) is 24.8 Å². The van der Waals surface area contributed by atoms with Crippen molar-refractivity contribution in [2.24, 2.45) is 0 Å². The molecule has 21 heavy (non-hydrogen) atoms. The summed E-state index contributed by atoms with van der Waals surface area (Å²) in [6.45, 7) is 4.08. The molecule has 1 saturated heterocycles. The van der Waals surface area contributed by atoms with Crippen molar-refractivity contribution < 1.29 is 4.74 Å². The van der Waals surface area contributed by atoms with Gasteiger partial charge in [-0.1, -0.05) is 12.2 Å².